The van der Waals surface area contributed by atoms with E-state index in [-0.39, 0.29) is 18.3 Å². The van der Waals surface area contributed by atoms with Crippen molar-refractivity contribution in [3.63, 3.8) is 0 Å². The molecule has 0 radical (unpaired) electrons. The summed E-state index contributed by atoms with van der Waals surface area (Å²) in [5.41, 5.74) is -0.320. The number of nitrogens with zero attached hydrogens (tertiary/aromatic N) is 4. The van der Waals surface area contributed by atoms with E-state index < -0.39 is 35.4 Å². The number of imidazole rings is 1. The van der Waals surface area contributed by atoms with Crippen LogP contribution >= 0.6 is 11.6 Å². The van der Waals surface area contributed by atoms with Crippen molar-refractivity contribution >= 4 is 28.6 Å². The number of H-pyrrole nitrogens is 1. The van der Waals surface area contributed by atoms with Gasteiger partial charge < -0.3 is 23.8 Å². The van der Waals surface area contributed by atoms with Gasteiger partial charge in [0.05, 0.1) is 12.0 Å². The summed E-state index contributed by atoms with van der Waals surface area (Å²) in [4.78, 5) is 30.3. The van der Waals surface area contributed by atoms with Crippen molar-refractivity contribution < 1.29 is 27.5 Å². The summed E-state index contributed by atoms with van der Waals surface area (Å²) >= 11 is 6.05. The molecule has 4 heterocycles. The number of rotatable bonds is 4. The van der Waals surface area contributed by atoms with E-state index in [9.17, 15) is 18.7 Å². The Morgan fingerprint density at radius 2 is 2.12 bits per heavy atom. The molecule has 0 saturated heterocycles. The van der Waals surface area contributed by atoms with Gasteiger partial charge in [-0.15, -0.1) is 0 Å². The van der Waals surface area contributed by atoms with Gasteiger partial charge >= 0.3 is 0 Å². The molecule has 0 fully saturated rings. The number of alkyl halides is 2. The second-order valence-corrected chi connectivity index (χ2v) is 8.61. The SMILES string of the molecule is CC(C)(O)c1nc(C(F)F)c(C(=O)N2CCc3[nH]cnc3[C@H]2c2nc3cc(Cl)ccc3o2)o1. The second-order valence-electron chi connectivity index (χ2n) is 8.17. The summed E-state index contributed by atoms with van der Waals surface area (Å²) in [6, 6.07) is 4.00. The van der Waals surface area contributed by atoms with Crippen molar-refractivity contribution in [1.82, 2.24) is 24.8 Å². The first-order chi connectivity index (χ1) is 15.6. The first-order valence-corrected chi connectivity index (χ1v) is 10.4. The Morgan fingerprint density at radius 1 is 1.33 bits per heavy atom. The van der Waals surface area contributed by atoms with Crippen LogP contribution in [0.2, 0.25) is 5.02 Å². The zero-order valence-electron chi connectivity index (χ0n) is 17.5. The summed E-state index contributed by atoms with van der Waals surface area (Å²) in [6.07, 6.45) is -1.20. The van der Waals surface area contributed by atoms with E-state index >= 15 is 0 Å². The van der Waals surface area contributed by atoms with Crippen molar-refractivity contribution in [2.24, 2.45) is 0 Å². The molecule has 1 aliphatic heterocycles. The Morgan fingerprint density at radius 3 is 2.85 bits per heavy atom. The number of aliphatic hydroxyl groups is 1. The van der Waals surface area contributed by atoms with Crippen LogP contribution < -0.4 is 0 Å². The Bertz CT molecular complexity index is 1360. The molecule has 5 rings (SSSR count). The van der Waals surface area contributed by atoms with Crippen molar-refractivity contribution in [1.29, 1.82) is 0 Å². The summed E-state index contributed by atoms with van der Waals surface area (Å²) in [7, 11) is 0. The topological polar surface area (TPSA) is 121 Å². The Hall–Kier alpha value is -3.31. The van der Waals surface area contributed by atoms with Crippen LogP contribution in [0.25, 0.3) is 11.1 Å². The Kier molecular flexibility index (Phi) is 4.98. The van der Waals surface area contributed by atoms with Crippen LogP contribution in [0.5, 0.6) is 0 Å². The monoisotopic (exact) mass is 477 g/mol. The average molecular weight is 478 g/mol. The average Bonchev–Trinajstić information content (AvgIpc) is 3.48. The normalized spacial score (nSPS) is 16.6. The molecule has 172 valence electrons. The number of benzene rings is 1. The van der Waals surface area contributed by atoms with Crippen molar-refractivity contribution in [3.8, 4) is 0 Å². The number of carbonyl (C=O) groups excluding carboxylic acids is 1. The highest BCUT2D eigenvalue weighted by Gasteiger charge is 2.41. The highest BCUT2D eigenvalue weighted by Crippen LogP contribution is 2.37. The van der Waals surface area contributed by atoms with Gasteiger partial charge in [-0.3, -0.25) is 4.79 Å². The Balaban J connectivity index is 1.62. The van der Waals surface area contributed by atoms with E-state index in [1.54, 1.807) is 18.2 Å². The third kappa shape index (κ3) is 3.66. The fraction of sp³-hybridized carbons (Fsp3) is 0.333. The number of aromatic amines is 1. The fourth-order valence-corrected chi connectivity index (χ4v) is 3.97. The summed E-state index contributed by atoms with van der Waals surface area (Å²) in [5.74, 6) is -1.72. The van der Waals surface area contributed by atoms with Gasteiger partial charge in [-0.25, -0.2) is 23.7 Å². The van der Waals surface area contributed by atoms with E-state index in [1.165, 1.54) is 25.1 Å². The molecular formula is C21H18ClF2N5O4. The van der Waals surface area contributed by atoms with Gasteiger partial charge in [-0.2, -0.15) is 0 Å². The number of carbonyl (C=O) groups is 1. The summed E-state index contributed by atoms with van der Waals surface area (Å²) < 4.78 is 38.7. The van der Waals surface area contributed by atoms with E-state index in [4.69, 9.17) is 20.4 Å². The fourth-order valence-electron chi connectivity index (χ4n) is 3.81. The maximum Gasteiger partial charge on any atom is 0.292 e. The number of hydrogen-bond donors (Lipinski definition) is 2. The second kappa shape index (κ2) is 7.63. The first kappa shape index (κ1) is 21.5. The minimum Gasteiger partial charge on any atom is -0.438 e. The molecule has 0 bridgehead atoms. The molecule has 1 atom stereocenters. The predicted octanol–water partition coefficient (Wildman–Crippen LogP) is 4.15. The van der Waals surface area contributed by atoms with Gasteiger partial charge in [-0.05, 0) is 32.0 Å². The molecule has 3 aromatic heterocycles. The van der Waals surface area contributed by atoms with E-state index in [0.717, 1.165) is 5.69 Å². The highest BCUT2D eigenvalue weighted by atomic mass is 35.5. The van der Waals surface area contributed by atoms with E-state index in [0.29, 0.717) is 28.2 Å². The number of amides is 1. The van der Waals surface area contributed by atoms with Gasteiger partial charge in [0.1, 0.15) is 11.1 Å². The standard InChI is InChI=1S/C21H18ClF2N5O4/c1-21(2,31)20-28-14(17(23)24)16(33-20)19(30)29-6-5-10-13(26-8-25-10)15(29)18-27-11-7-9(22)3-4-12(11)32-18/h3-4,7-8,15,17,31H,5-6H2,1-2H3,(H,25,26)/t15-/m0/s1. The molecule has 0 saturated carbocycles. The lowest BCUT2D eigenvalue weighted by Gasteiger charge is -2.32. The lowest BCUT2D eigenvalue weighted by molar-refractivity contribution is 0.0436. The van der Waals surface area contributed by atoms with Gasteiger partial charge in [0, 0.05) is 23.7 Å². The van der Waals surface area contributed by atoms with Gasteiger partial charge in [-0.1, -0.05) is 11.6 Å². The van der Waals surface area contributed by atoms with Crippen molar-refractivity contribution in [3.05, 3.63) is 64.2 Å². The minimum atomic E-state index is -3.08. The number of fused-ring (bicyclic) bond motifs is 2. The molecule has 0 aliphatic carbocycles. The first-order valence-electron chi connectivity index (χ1n) is 10.0. The number of halogens is 3. The van der Waals surface area contributed by atoms with Crippen molar-refractivity contribution in [2.75, 3.05) is 6.54 Å². The molecule has 12 heteroatoms. The molecule has 1 aliphatic rings. The van der Waals surface area contributed by atoms with Gasteiger partial charge in [0.15, 0.2) is 17.3 Å². The molecule has 0 unspecified atom stereocenters. The number of hydrogen-bond acceptors (Lipinski definition) is 7. The summed E-state index contributed by atoms with van der Waals surface area (Å²) in [6.45, 7) is 2.80. The van der Waals surface area contributed by atoms with Crippen LogP contribution in [0.1, 0.15) is 65.7 Å². The maximum absolute atomic E-state index is 13.7. The number of oxazole rings is 2. The molecule has 9 nitrogen and oxygen atoms in total. The number of aromatic nitrogens is 4. The third-order valence-corrected chi connectivity index (χ3v) is 5.60. The molecule has 2 N–H and O–H groups in total. The Labute approximate surface area is 190 Å². The molecule has 4 aromatic rings. The third-order valence-electron chi connectivity index (χ3n) is 5.36. The lowest BCUT2D eigenvalue weighted by Crippen LogP contribution is -2.41. The molecule has 1 amide bonds. The summed E-state index contributed by atoms with van der Waals surface area (Å²) in [5, 5.41) is 10.6. The van der Waals surface area contributed by atoms with Gasteiger partial charge in [0.2, 0.25) is 17.5 Å². The molecule has 1 aromatic carbocycles. The van der Waals surface area contributed by atoms with Crippen LogP contribution in [-0.2, 0) is 12.0 Å². The molecule has 33 heavy (non-hydrogen) atoms. The van der Waals surface area contributed by atoms with Gasteiger partial charge in [0.25, 0.3) is 12.3 Å². The van der Waals surface area contributed by atoms with E-state index in [1.807, 2.05) is 0 Å². The van der Waals surface area contributed by atoms with Crippen molar-refractivity contribution in [2.45, 2.75) is 38.3 Å². The van der Waals surface area contributed by atoms with Crippen LogP contribution in [0.3, 0.4) is 0 Å². The number of nitrogens with one attached hydrogen (secondary N) is 1. The zero-order chi connectivity index (χ0) is 23.5. The van der Waals surface area contributed by atoms with E-state index in [2.05, 4.69) is 19.9 Å². The molecule has 0 spiro atoms. The quantitative estimate of drug-likeness (QED) is 0.453. The van der Waals surface area contributed by atoms with Crippen LogP contribution in [-0.4, -0.2) is 42.4 Å². The highest BCUT2D eigenvalue weighted by molar-refractivity contribution is 6.31. The minimum absolute atomic E-state index is 0.148. The molecular weight excluding hydrogens is 460 g/mol. The lowest BCUT2D eigenvalue weighted by atomic mass is 10.0. The van der Waals surface area contributed by atoms with Crippen LogP contribution in [0, 0.1) is 0 Å². The smallest absolute Gasteiger partial charge is 0.292 e. The largest absolute Gasteiger partial charge is 0.438 e. The predicted molar refractivity (Wildman–Crippen MR) is 111 cm³/mol. The zero-order valence-corrected chi connectivity index (χ0v) is 18.2. The van der Waals surface area contributed by atoms with Crippen LogP contribution in [0.15, 0.2) is 33.4 Å². The van der Waals surface area contributed by atoms with Crippen LogP contribution in [0.4, 0.5) is 8.78 Å². The maximum atomic E-state index is 13.7.